The number of methoxy groups -OCH3 is 1. The highest BCUT2D eigenvalue weighted by Crippen LogP contribution is 2.40. The van der Waals surface area contributed by atoms with E-state index in [0.717, 1.165) is 41.9 Å². The summed E-state index contributed by atoms with van der Waals surface area (Å²) in [5.41, 5.74) is 3.48. The topological polar surface area (TPSA) is 38.2 Å². The van der Waals surface area contributed by atoms with E-state index in [1.165, 1.54) is 11.1 Å². The molecule has 2 aromatic carbocycles. The summed E-state index contributed by atoms with van der Waals surface area (Å²) in [6, 6.07) is 15.3. The molecule has 3 aromatic rings. The van der Waals surface area contributed by atoms with Crippen LogP contribution < -0.4 is 9.64 Å². The van der Waals surface area contributed by atoms with Crippen molar-refractivity contribution >= 4 is 16.7 Å². The second-order valence-corrected chi connectivity index (χ2v) is 6.14. The molecule has 4 heteroatoms. The fourth-order valence-electron chi connectivity index (χ4n) is 3.47. The van der Waals surface area contributed by atoms with Crippen molar-refractivity contribution in [3.8, 4) is 5.75 Å². The maximum absolute atomic E-state index is 5.50. The van der Waals surface area contributed by atoms with Gasteiger partial charge in [0.2, 0.25) is 0 Å². The molecule has 4 nitrogen and oxygen atoms in total. The van der Waals surface area contributed by atoms with Gasteiger partial charge in [0.25, 0.3) is 0 Å². The Labute approximate surface area is 142 Å². The molecule has 0 bridgehead atoms. The lowest BCUT2D eigenvalue weighted by Gasteiger charge is -2.42. The molecular weight excluding hydrogens is 298 g/mol. The van der Waals surface area contributed by atoms with Crippen molar-refractivity contribution < 1.29 is 4.74 Å². The molecule has 1 atom stereocenters. The van der Waals surface area contributed by atoms with Crippen molar-refractivity contribution in [1.82, 2.24) is 9.97 Å². The zero-order valence-electron chi connectivity index (χ0n) is 14.1. The predicted octanol–water partition coefficient (Wildman–Crippen LogP) is 4.15. The molecule has 1 aliphatic rings. The van der Waals surface area contributed by atoms with E-state index in [0.29, 0.717) is 6.04 Å². The van der Waals surface area contributed by atoms with E-state index in [-0.39, 0.29) is 0 Å². The quantitative estimate of drug-likeness (QED) is 0.724. The Bertz CT molecular complexity index is 863. The molecular formula is C20H21N3O. The molecule has 4 rings (SSSR count). The monoisotopic (exact) mass is 319 g/mol. The van der Waals surface area contributed by atoms with Crippen LogP contribution in [0, 0.1) is 0 Å². The summed E-state index contributed by atoms with van der Waals surface area (Å²) in [5.74, 6) is 1.93. The van der Waals surface area contributed by atoms with Crippen molar-refractivity contribution in [2.75, 3.05) is 18.6 Å². The molecule has 1 aliphatic heterocycles. The normalized spacial score (nSPS) is 16.9. The summed E-state index contributed by atoms with van der Waals surface area (Å²) in [4.78, 5) is 11.4. The Morgan fingerprint density at radius 1 is 1.17 bits per heavy atom. The highest BCUT2D eigenvalue weighted by atomic mass is 16.5. The van der Waals surface area contributed by atoms with E-state index >= 15 is 0 Å². The number of aryl methyl sites for hydroxylation is 1. The van der Waals surface area contributed by atoms with Gasteiger partial charge in [-0.15, -0.1) is 0 Å². The van der Waals surface area contributed by atoms with Gasteiger partial charge in [-0.2, -0.15) is 0 Å². The first-order valence-corrected chi connectivity index (χ1v) is 8.45. The molecule has 0 spiro atoms. The van der Waals surface area contributed by atoms with Gasteiger partial charge in [0, 0.05) is 18.0 Å². The smallest absolute Gasteiger partial charge is 0.140 e. The minimum atomic E-state index is 0.400. The average molecular weight is 319 g/mol. The van der Waals surface area contributed by atoms with E-state index in [1.807, 2.05) is 6.07 Å². The van der Waals surface area contributed by atoms with E-state index in [4.69, 9.17) is 4.74 Å². The second-order valence-electron chi connectivity index (χ2n) is 6.14. The lowest BCUT2D eigenvalue weighted by molar-refractivity contribution is 0.410. The number of fused-ring (bicyclic) bond motifs is 1. The summed E-state index contributed by atoms with van der Waals surface area (Å²) in [6.45, 7) is 3.17. The number of benzene rings is 2. The van der Waals surface area contributed by atoms with Gasteiger partial charge >= 0.3 is 0 Å². The molecule has 0 radical (unpaired) electrons. The van der Waals surface area contributed by atoms with Crippen LogP contribution in [0.4, 0.5) is 5.82 Å². The van der Waals surface area contributed by atoms with E-state index in [1.54, 1.807) is 13.4 Å². The zero-order valence-corrected chi connectivity index (χ0v) is 14.1. The van der Waals surface area contributed by atoms with Gasteiger partial charge < -0.3 is 9.64 Å². The Morgan fingerprint density at radius 3 is 2.67 bits per heavy atom. The number of ether oxygens (including phenoxy) is 1. The fraction of sp³-hybridized carbons (Fsp3) is 0.300. The first-order valence-electron chi connectivity index (χ1n) is 8.45. The maximum atomic E-state index is 5.50. The minimum absolute atomic E-state index is 0.400. The number of hydrogen-bond acceptors (Lipinski definition) is 4. The number of rotatable bonds is 4. The van der Waals surface area contributed by atoms with Crippen LogP contribution in [0.5, 0.6) is 5.75 Å². The van der Waals surface area contributed by atoms with Crippen LogP contribution >= 0.6 is 0 Å². The predicted molar refractivity (Wildman–Crippen MR) is 96.6 cm³/mol. The summed E-state index contributed by atoms with van der Waals surface area (Å²) in [6.07, 6.45) is 3.74. The van der Waals surface area contributed by atoms with Crippen LogP contribution in [-0.2, 0) is 6.42 Å². The van der Waals surface area contributed by atoms with Crippen LogP contribution in [0.15, 0.2) is 48.8 Å². The summed E-state index contributed by atoms with van der Waals surface area (Å²) < 4.78 is 5.50. The van der Waals surface area contributed by atoms with E-state index in [2.05, 4.69) is 58.2 Å². The van der Waals surface area contributed by atoms with Crippen LogP contribution in [0.2, 0.25) is 0 Å². The van der Waals surface area contributed by atoms with Crippen LogP contribution in [0.3, 0.4) is 0 Å². The lowest BCUT2D eigenvalue weighted by atomic mass is 9.94. The van der Waals surface area contributed by atoms with Crippen molar-refractivity contribution in [3.05, 3.63) is 59.9 Å². The van der Waals surface area contributed by atoms with Crippen LogP contribution in [-0.4, -0.2) is 23.6 Å². The fourth-order valence-corrected chi connectivity index (χ4v) is 3.47. The molecule has 122 valence electrons. The van der Waals surface area contributed by atoms with Gasteiger partial charge in [0.15, 0.2) is 0 Å². The number of aromatic nitrogens is 2. The standard InChI is InChI=1S/C20H21N3O/c1-3-14-11-16-17(12-19(14)24-2)21-13-22-20(16)23-10-9-18(23)15-7-5-4-6-8-15/h4-8,11-13,18H,3,9-10H2,1-2H3/t18-/m0/s1. The molecule has 0 amide bonds. The summed E-state index contributed by atoms with van der Waals surface area (Å²) in [7, 11) is 1.71. The Balaban J connectivity index is 1.79. The molecule has 0 saturated carbocycles. The largest absolute Gasteiger partial charge is 0.496 e. The zero-order chi connectivity index (χ0) is 16.5. The first kappa shape index (κ1) is 14.9. The Morgan fingerprint density at radius 2 is 2.00 bits per heavy atom. The third kappa shape index (κ3) is 2.39. The van der Waals surface area contributed by atoms with E-state index < -0.39 is 0 Å². The molecule has 1 fully saturated rings. The summed E-state index contributed by atoms with van der Waals surface area (Å²) in [5, 5.41) is 1.11. The van der Waals surface area contributed by atoms with Crippen molar-refractivity contribution in [2.45, 2.75) is 25.8 Å². The Kier molecular flexibility index (Phi) is 3.81. The van der Waals surface area contributed by atoms with Gasteiger partial charge in [-0.25, -0.2) is 9.97 Å². The first-order chi connectivity index (χ1) is 11.8. The SMILES string of the molecule is CCc1cc2c(N3CC[C@H]3c3ccccc3)ncnc2cc1OC. The third-order valence-electron chi connectivity index (χ3n) is 4.87. The molecule has 0 aliphatic carbocycles. The van der Waals surface area contributed by atoms with Gasteiger partial charge in [0.05, 0.1) is 18.7 Å². The average Bonchev–Trinajstić information content (AvgIpc) is 2.61. The van der Waals surface area contributed by atoms with Gasteiger partial charge in [0.1, 0.15) is 17.9 Å². The molecule has 2 heterocycles. The maximum Gasteiger partial charge on any atom is 0.140 e. The van der Waals surface area contributed by atoms with Crippen LogP contribution in [0.1, 0.15) is 30.5 Å². The number of nitrogens with zero attached hydrogens (tertiary/aromatic N) is 3. The third-order valence-corrected chi connectivity index (χ3v) is 4.87. The Hall–Kier alpha value is -2.62. The second kappa shape index (κ2) is 6.11. The molecule has 1 aromatic heterocycles. The molecule has 24 heavy (non-hydrogen) atoms. The lowest BCUT2D eigenvalue weighted by Crippen LogP contribution is -2.41. The van der Waals surface area contributed by atoms with Gasteiger partial charge in [-0.05, 0) is 30.0 Å². The van der Waals surface area contributed by atoms with Crippen molar-refractivity contribution in [3.63, 3.8) is 0 Å². The molecule has 0 unspecified atom stereocenters. The summed E-state index contributed by atoms with van der Waals surface area (Å²) >= 11 is 0. The van der Waals surface area contributed by atoms with Crippen molar-refractivity contribution in [2.24, 2.45) is 0 Å². The van der Waals surface area contributed by atoms with Crippen molar-refractivity contribution in [1.29, 1.82) is 0 Å². The van der Waals surface area contributed by atoms with Crippen LogP contribution in [0.25, 0.3) is 10.9 Å². The van der Waals surface area contributed by atoms with Gasteiger partial charge in [-0.3, -0.25) is 0 Å². The highest BCUT2D eigenvalue weighted by Gasteiger charge is 2.31. The highest BCUT2D eigenvalue weighted by molar-refractivity contribution is 5.91. The van der Waals surface area contributed by atoms with E-state index in [9.17, 15) is 0 Å². The molecule has 1 saturated heterocycles. The minimum Gasteiger partial charge on any atom is -0.496 e. The molecule has 0 N–H and O–H groups in total. The van der Waals surface area contributed by atoms with Gasteiger partial charge in [-0.1, -0.05) is 37.3 Å². The number of hydrogen-bond donors (Lipinski definition) is 0. The number of anilines is 1.